The predicted octanol–water partition coefficient (Wildman–Crippen LogP) is 2.56. The maximum Gasteiger partial charge on any atom is 0.0778 e. The predicted molar refractivity (Wildman–Crippen MR) is 76.5 cm³/mol. The molecule has 2 unspecified atom stereocenters. The van der Waals surface area contributed by atoms with Gasteiger partial charge in [-0.25, -0.2) is 4.68 Å². The molecule has 4 nitrogen and oxygen atoms in total. The summed E-state index contributed by atoms with van der Waals surface area (Å²) >= 11 is 0. The molecule has 0 saturated carbocycles. The minimum atomic E-state index is 0.123. The molecule has 1 heterocycles. The summed E-state index contributed by atoms with van der Waals surface area (Å²) in [7, 11) is 3.70. The molecule has 1 aromatic heterocycles. The number of rotatable bonds is 6. The van der Waals surface area contributed by atoms with Gasteiger partial charge in [0, 0.05) is 13.3 Å². The van der Waals surface area contributed by atoms with Crippen molar-refractivity contribution in [3.63, 3.8) is 0 Å². The molecule has 0 spiro atoms. The summed E-state index contributed by atoms with van der Waals surface area (Å²) in [6.45, 7) is 2.13. The SMILES string of the molecule is CCC(OC)C(NC)c1ccnn1-c1ccccc1. The van der Waals surface area contributed by atoms with Crippen LogP contribution in [0.1, 0.15) is 25.1 Å². The maximum atomic E-state index is 5.56. The number of hydrogen-bond donors (Lipinski definition) is 1. The Hall–Kier alpha value is -1.65. The number of nitrogens with one attached hydrogen (secondary N) is 1. The van der Waals surface area contributed by atoms with Gasteiger partial charge in [-0.15, -0.1) is 0 Å². The van der Waals surface area contributed by atoms with Gasteiger partial charge in [-0.05, 0) is 31.7 Å². The van der Waals surface area contributed by atoms with Crippen molar-refractivity contribution in [1.29, 1.82) is 0 Å². The number of para-hydroxylation sites is 1. The minimum Gasteiger partial charge on any atom is -0.379 e. The van der Waals surface area contributed by atoms with Gasteiger partial charge in [0.2, 0.25) is 0 Å². The number of ether oxygens (including phenoxy) is 1. The number of benzene rings is 1. The quantitative estimate of drug-likeness (QED) is 0.866. The van der Waals surface area contributed by atoms with Crippen LogP contribution in [-0.2, 0) is 4.74 Å². The minimum absolute atomic E-state index is 0.123. The molecule has 0 fully saturated rings. The zero-order valence-corrected chi connectivity index (χ0v) is 11.7. The Bertz CT molecular complexity index is 491. The van der Waals surface area contributed by atoms with Gasteiger partial charge in [-0.1, -0.05) is 25.1 Å². The van der Waals surface area contributed by atoms with Crippen molar-refractivity contribution in [2.45, 2.75) is 25.5 Å². The lowest BCUT2D eigenvalue weighted by Crippen LogP contribution is -2.32. The van der Waals surface area contributed by atoms with Crippen molar-refractivity contribution in [2.75, 3.05) is 14.2 Å². The molecule has 0 bridgehead atoms. The Morgan fingerprint density at radius 2 is 2.00 bits per heavy atom. The van der Waals surface area contributed by atoms with E-state index in [1.54, 1.807) is 7.11 Å². The Balaban J connectivity index is 2.38. The third-order valence-electron chi connectivity index (χ3n) is 3.38. The monoisotopic (exact) mass is 259 g/mol. The summed E-state index contributed by atoms with van der Waals surface area (Å²) < 4.78 is 7.52. The number of methoxy groups -OCH3 is 1. The summed E-state index contributed by atoms with van der Waals surface area (Å²) in [6.07, 6.45) is 2.90. The number of hydrogen-bond acceptors (Lipinski definition) is 3. The molecule has 0 aliphatic heterocycles. The molecule has 2 rings (SSSR count). The molecule has 0 aliphatic carbocycles. The fourth-order valence-corrected chi connectivity index (χ4v) is 2.40. The first kappa shape index (κ1) is 13.8. The molecule has 0 radical (unpaired) electrons. The van der Waals surface area contributed by atoms with Crippen LogP contribution in [0.5, 0.6) is 0 Å². The fourth-order valence-electron chi connectivity index (χ4n) is 2.40. The van der Waals surface area contributed by atoms with Crippen LogP contribution in [0.25, 0.3) is 5.69 Å². The highest BCUT2D eigenvalue weighted by atomic mass is 16.5. The van der Waals surface area contributed by atoms with Gasteiger partial charge in [0.15, 0.2) is 0 Å². The Morgan fingerprint density at radius 3 is 2.58 bits per heavy atom. The van der Waals surface area contributed by atoms with Gasteiger partial charge in [0.1, 0.15) is 0 Å². The van der Waals surface area contributed by atoms with Crippen LogP contribution in [0.4, 0.5) is 0 Å². The van der Waals surface area contributed by atoms with E-state index in [1.165, 1.54) is 0 Å². The van der Waals surface area contributed by atoms with E-state index in [4.69, 9.17) is 4.74 Å². The topological polar surface area (TPSA) is 39.1 Å². The fraction of sp³-hybridized carbons (Fsp3) is 0.400. The lowest BCUT2D eigenvalue weighted by atomic mass is 10.1. The third kappa shape index (κ3) is 2.85. The molecular weight excluding hydrogens is 238 g/mol. The van der Waals surface area contributed by atoms with Crippen LogP contribution in [0, 0.1) is 0 Å². The van der Waals surface area contributed by atoms with Gasteiger partial charge in [0.05, 0.1) is 23.5 Å². The first-order valence-corrected chi connectivity index (χ1v) is 6.61. The smallest absolute Gasteiger partial charge is 0.0778 e. The van der Waals surface area contributed by atoms with Crippen molar-refractivity contribution < 1.29 is 4.74 Å². The van der Waals surface area contributed by atoms with E-state index >= 15 is 0 Å². The van der Waals surface area contributed by atoms with E-state index < -0.39 is 0 Å². The molecule has 0 amide bonds. The van der Waals surface area contributed by atoms with Crippen LogP contribution in [0.15, 0.2) is 42.6 Å². The summed E-state index contributed by atoms with van der Waals surface area (Å²) in [5.41, 5.74) is 2.18. The second kappa shape index (κ2) is 6.50. The van der Waals surface area contributed by atoms with Gasteiger partial charge >= 0.3 is 0 Å². The van der Waals surface area contributed by atoms with E-state index in [9.17, 15) is 0 Å². The van der Waals surface area contributed by atoms with Crippen molar-refractivity contribution in [1.82, 2.24) is 15.1 Å². The van der Waals surface area contributed by atoms with E-state index in [-0.39, 0.29) is 12.1 Å². The molecule has 1 aromatic carbocycles. The largest absolute Gasteiger partial charge is 0.379 e. The summed E-state index contributed by atoms with van der Waals surface area (Å²) in [6, 6.07) is 12.3. The zero-order chi connectivity index (χ0) is 13.7. The summed E-state index contributed by atoms with van der Waals surface area (Å²) in [5, 5.41) is 7.76. The van der Waals surface area contributed by atoms with Gasteiger partial charge in [-0.2, -0.15) is 5.10 Å². The molecule has 0 aliphatic rings. The lowest BCUT2D eigenvalue weighted by Gasteiger charge is -2.25. The van der Waals surface area contributed by atoms with Crippen LogP contribution in [0.2, 0.25) is 0 Å². The highest BCUT2D eigenvalue weighted by Gasteiger charge is 2.23. The average Bonchev–Trinajstić information content (AvgIpc) is 2.94. The first-order valence-electron chi connectivity index (χ1n) is 6.61. The van der Waals surface area contributed by atoms with E-state index in [1.807, 2.05) is 42.2 Å². The molecule has 4 heteroatoms. The second-order valence-corrected chi connectivity index (χ2v) is 4.45. The standard InChI is InChI=1S/C15H21N3O/c1-4-14(19-3)15(16-2)13-10-11-17-18(13)12-8-6-5-7-9-12/h5-11,14-16H,4H2,1-3H3. The van der Waals surface area contributed by atoms with Gasteiger partial charge < -0.3 is 10.1 Å². The molecule has 2 atom stereocenters. The van der Waals surface area contributed by atoms with Crippen LogP contribution >= 0.6 is 0 Å². The van der Waals surface area contributed by atoms with Crippen molar-refractivity contribution in [2.24, 2.45) is 0 Å². The molecule has 19 heavy (non-hydrogen) atoms. The molecule has 0 saturated heterocycles. The number of nitrogens with zero attached hydrogens (tertiary/aromatic N) is 2. The van der Waals surface area contributed by atoms with Gasteiger partial charge in [0.25, 0.3) is 0 Å². The highest BCUT2D eigenvalue weighted by molar-refractivity contribution is 5.33. The normalized spacial score (nSPS) is 14.3. The van der Waals surface area contributed by atoms with Crippen LogP contribution in [0.3, 0.4) is 0 Å². The highest BCUT2D eigenvalue weighted by Crippen LogP contribution is 2.23. The summed E-state index contributed by atoms with van der Waals surface area (Å²) in [4.78, 5) is 0. The van der Waals surface area contributed by atoms with Crippen molar-refractivity contribution in [3.8, 4) is 5.69 Å². The molecular formula is C15H21N3O. The first-order chi connectivity index (χ1) is 9.31. The van der Waals surface area contributed by atoms with Crippen molar-refractivity contribution >= 4 is 0 Å². The van der Waals surface area contributed by atoms with Gasteiger partial charge in [-0.3, -0.25) is 0 Å². The lowest BCUT2D eigenvalue weighted by molar-refractivity contribution is 0.0655. The Morgan fingerprint density at radius 1 is 1.26 bits per heavy atom. The van der Waals surface area contributed by atoms with E-state index in [0.717, 1.165) is 17.8 Å². The Kier molecular flexibility index (Phi) is 4.71. The van der Waals surface area contributed by atoms with E-state index in [0.29, 0.717) is 0 Å². The molecule has 102 valence electrons. The second-order valence-electron chi connectivity index (χ2n) is 4.45. The Labute approximate surface area is 114 Å². The number of likely N-dealkylation sites (N-methyl/N-ethyl adjacent to an activating group) is 1. The number of aromatic nitrogens is 2. The van der Waals surface area contributed by atoms with E-state index in [2.05, 4.69) is 29.5 Å². The van der Waals surface area contributed by atoms with Crippen molar-refractivity contribution in [3.05, 3.63) is 48.3 Å². The van der Waals surface area contributed by atoms with Crippen LogP contribution in [-0.4, -0.2) is 30.0 Å². The van der Waals surface area contributed by atoms with Crippen LogP contribution < -0.4 is 5.32 Å². The summed E-state index contributed by atoms with van der Waals surface area (Å²) in [5.74, 6) is 0. The molecule has 2 aromatic rings. The molecule has 1 N–H and O–H groups in total. The maximum absolute atomic E-state index is 5.56. The zero-order valence-electron chi connectivity index (χ0n) is 11.7. The average molecular weight is 259 g/mol. The third-order valence-corrected chi connectivity index (χ3v) is 3.38.